The fourth-order valence-corrected chi connectivity index (χ4v) is 1.14. The molecule has 0 saturated heterocycles. The highest BCUT2D eigenvalue weighted by Crippen LogP contribution is 2.06. The van der Waals surface area contributed by atoms with Gasteiger partial charge in [0.1, 0.15) is 0 Å². The van der Waals surface area contributed by atoms with E-state index in [2.05, 4.69) is 6.92 Å². The standard InChI is InChI=1S/C9H20N2O.C2H2O4/c1-4-5-6-7-8(2)11(10)9(3)12;3-1(4)2(5)6/h8H,4-7,10H2,1-3H3;(H,3,4)(H,5,6). The van der Waals surface area contributed by atoms with Gasteiger partial charge in [-0.1, -0.05) is 26.2 Å². The highest BCUT2D eigenvalue weighted by Gasteiger charge is 2.11. The number of aliphatic carboxylic acids is 2. The Bertz CT molecular complexity index is 269. The first-order chi connectivity index (χ1) is 8.23. The normalized spacial score (nSPS) is 10.9. The molecule has 0 spiro atoms. The van der Waals surface area contributed by atoms with Crippen molar-refractivity contribution in [3.05, 3.63) is 0 Å². The average Bonchev–Trinajstić information content (AvgIpc) is 2.28. The summed E-state index contributed by atoms with van der Waals surface area (Å²) in [4.78, 5) is 29.0. The summed E-state index contributed by atoms with van der Waals surface area (Å²) < 4.78 is 0. The molecule has 18 heavy (non-hydrogen) atoms. The van der Waals surface area contributed by atoms with E-state index in [-0.39, 0.29) is 11.9 Å². The summed E-state index contributed by atoms with van der Waals surface area (Å²) in [5.41, 5.74) is 0. The Hall–Kier alpha value is -1.63. The van der Waals surface area contributed by atoms with Crippen molar-refractivity contribution in [2.45, 2.75) is 52.5 Å². The van der Waals surface area contributed by atoms with Gasteiger partial charge in [0.15, 0.2) is 0 Å². The molecule has 0 aliphatic carbocycles. The van der Waals surface area contributed by atoms with Crippen LogP contribution in [0.15, 0.2) is 0 Å². The molecule has 0 bridgehead atoms. The second kappa shape index (κ2) is 10.5. The highest BCUT2D eigenvalue weighted by atomic mass is 16.4. The van der Waals surface area contributed by atoms with Crippen LogP contribution in [0.3, 0.4) is 0 Å². The van der Waals surface area contributed by atoms with Crippen LogP contribution in [0, 0.1) is 0 Å². The minimum atomic E-state index is -1.82. The van der Waals surface area contributed by atoms with Crippen LogP contribution in [0.1, 0.15) is 46.5 Å². The molecule has 7 heteroatoms. The van der Waals surface area contributed by atoms with Gasteiger partial charge in [-0.3, -0.25) is 9.80 Å². The minimum Gasteiger partial charge on any atom is -0.473 e. The second-order valence-corrected chi connectivity index (χ2v) is 3.88. The van der Waals surface area contributed by atoms with Crippen LogP contribution >= 0.6 is 0 Å². The highest BCUT2D eigenvalue weighted by molar-refractivity contribution is 6.27. The third-order valence-electron chi connectivity index (χ3n) is 2.25. The Labute approximate surface area is 107 Å². The number of carbonyl (C=O) groups is 3. The van der Waals surface area contributed by atoms with Gasteiger partial charge < -0.3 is 10.2 Å². The van der Waals surface area contributed by atoms with Gasteiger partial charge in [-0.2, -0.15) is 0 Å². The quantitative estimate of drug-likeness (QED) is 0.222. The smallest absolute Gasteiger partial charge is 0.414 e. The van der Waals surface area contributed by atoms with Crippen molar-refractivity contribution in [2.24, 2.45) is 5.84 Å². The number of hydrazine groups is 1. The van der Waals surface area contributed by atoms with Crippen LogP contribution in [-0.2, 0) is 14.4 Å². The van der Waals surface area contributed by atoms with Crippen molar-refractivity contribution < 1.29 is 24.6 Å². The molecule has 0 aromatic carbocycles. The van der Waals surface area contributed by atoms with E-state index in [1.807, 2.05) is 6.92 Å². The number of carbonyl (C=O) groups excluding carboxylic acids is 1. The van der Waals surface area contributed by atoms with Crippen LogP contribution in [-0.4, -0.2) is 39.1 Å². The van der Waals surface area contributed by atoms with Crippen molar-refractivity contribution in [1.29, 1.82) is 0 Å². The maximum absolute atomic E-state index is 10.8. The van der Waals surface area contributed by atoms with E-state index >= 15 is 0 Å². The average molecular weight is 262 g/mol. The fourth-order valence-electron chi connectivity index (χ4n) is 1.14. The number of nitrogens with two attached hydrogens (primary N) is 1. The van der Waals surface area contributed by atoms with Crippen LogP contribution in [0.5, 0.6) is 0 Å². The zero-order valence-electron chi connectivity index (χ0n) is 11.0. The Kier molecular flexibility index (Phi) is 10.9. The molecule has 1 unspecified atom stereocenters. The first-order valence-corrected chi connectivity index (χ1v) is 5.74. The van der Waals surface area contributed by atoms with Gasteiger partial charge in [-0.15, -0.1) is 0 Å². The first-order valence-electron chi connectivity index (χ1n) is 5.74. The molecule has 0 fully saturated rings. The summed E-state index contributed by atoms with van der Waals surface area (Å²) >= 11 is 0. The van der Waals surface area contributed by atoms with Gasteiger partial charge in [0.2, 0.25) is 5.91 Å². The molecule has 0 radical (unpaired) electrons. The summed E-state index contributed by atoms with van der Waals surface area (Å²) in [7, 11) is 0. The number of hydrogen-bond donors (Lipinski definition) is 3. The van der Waals surface area contributed by atoms with E-state index < -0.39 is 11.9 Å². The number of unbranched alkanes of at least 4 members (excludes halogenated alkanes) is 2. The van der Waals surface area contributed by atoms with E-state index in [1.54, 1.807) is 0 Å². The maximum Gasteiger partial charge on any atom is 0.414 e. The Morgan fingerprint density at radius 1 is 1.17 bits per heavy atom. The summed E-state index contributed by atoms with van der Waals surface area (Å²) in [6, 6.07) is 0.175. The number of carboxylic acids is 2. The van der Waals surface area contributed by atoms with Crippen LogP contribution in [0.4, 0.5) is 0 Å². The summed E-state index contributed by atoms with van der Waals surface area (Å²) in [5, 5.41) is 16.1. The van der Waals surface area contributed by atoms with Crippen LogP contribution < -0.4 is 5.84 Å². The summed E-state index contributed by atoms with van der Waals surface area (Å²) in [5.74, 6) is 1.82. The van der Waals surface area contributed by atoms with Gasteiger partial charge in [-0.05, 0) is 13.3 Å². The molecule has 0 saturated carbocycles. The molecule has 0 rings (SSSR count). The molecule has 7 nitrogen and oxygen atoms in total. The van der Waals surface area contributed by atoms with E-state index in [0.717, 1.165) is 12.8 Å². The zero-order chi connectivity index (χ0) is 14.7. The number of rotatable bonds is 5. The monoisotopic (exact) mass is 262 g/mol. The van der Waals surface area contributed by atoms with Gasteiger partial charge in [0.05, 0.1) is 0 Å². The molecule has 0 aliphatic rings. The molecule has 0 aliphatic heterocycles. The third kappa shape index (κ3) is 10.9. The lowest BCUT2D eigenvalue weighted by atomic mass is 10.1. The van der Waals surface area contributed by atoms with E-state index in [4.69, 9.17) is 25.6 Å². The predicted molar refractivity (Wildman–Crippen MR) is 65.6 cm³/mol. The largest absolute Gasteiger partial charge is 0.473 e. The fraction of sp³-hybridized carbons (Fsp3) is 0.727. The van der Waals surface area contributed by atoms with Gasteiger partial charge >= 0.3 is 11.9 Å². The lowest BCUT2D eigenvalue weighted by Gasteiger charge is -2.22. The van der Waals surface area contributed by atoms with Crippen molar-refractivity contribution >= 4 is 17.8 Å². The molecule has 1 atom stereocenters. The van der Waals surface area contributed by atoms with E-state index in [9.17, 15) is 4.79 Å². The maximum atomic E-state index is 10.8. The van der Waals surface area contributed by atoms with E-state index in [1.165, 1.54) is 24.8 Å². The predicted octanol–water partition coefficient (Wildman–Crippen LogP) is 0.833. The number of hydrogen-bond acceptors (Lipinski definition) is 4. The number of amides is 1. The van der Waals surface area contributed by atoms with Crippen LogP contribution in [0.2, 0.25) is 0 Å². The Morgan fingerprint density at radius 3 is 1.89 bits per heavy atom. The first kappa shape index (κ1) is 18.7. The molecule has 0 heterocycles. The summed E-state index contributed by atoms with van der Waals surface area (Å²) in [6.45, 7) is 5.64. The molecule has 1 amide bonds. The minimum absolute atomic E-state index is 0.0565. The van der Waals surface area contributed by atoms with Crippen LogP contribution in [0.25, 0.3) is 0 Å². The lowest BCUT2D eigenvalue weighted by Crippen LogP contribution is -2.42. The van der Waals surface area contributed by atoms with Gasteiger partial charge in [-0.25, -0.2) is 15.4 Å². The lowest BCUT2D eigenvalue weighted by molar-refractivity contribution is -0.159. The molecular weight excluding hydrogens is 240 g/mol. The Balaban J connectivity index is 0. The Morgan fingerprint density at radius 2 is 1.61 bits per heavy atom. The van der Waals surface area contributed by atoms with Gasteiger partial charge in [0, 0.05) is 13.0 Å². The van der Waals surface area contributed by atoms with E-state index in [0.29, 0.717) is 0 Å². The molecule has 0 aromatic rings. The van der Waals surface area contributed by atoms with Crippen molar-refractivity contribution in [1.82, 2.24) is 5.01 Å². The molecular formula is C11H22N2O5. The van der Waals surface area contributed by atoms with Crippen molar-refractivity contribution in [3.63, 3.8) is 0 Å². The molecule has 0 aromatic heterocycles. The molecule has 4 N–H and O–H groups in total. The topological polar surface area (TPSA) is 121 Å². The summed E-state index contributed by atoms with van der Waals surface area (Å²) in [6.07, 6.45) is 4.58. The number of nitrogens with zero attached hydrogens (tertiary/aromatic N) is 1. The van der Waals surface area contributed by atoms with Crippen molar-refractivity contribution in [3.8, 4) is 0 Å². The SMILES string of the molecule is CCCCCC(C)N(N)C(C)=O.O=C(O)C(=O)O. The van der Waals surface area contributed by atoms with Crippen molar-refractivity contribution in [2.75, 3.05) is 0 Å². The molecule has 106 valence electrons. The van der Waals surface area contributed by atoms with Gasteiger partial charge in [0.25, 0.3) is 0 Å². The second-order valence-electron chi connectivity index (χ2n) is 3.88. The third-order valence-corrected chi connectivity index (χ3v) is 2.25. The number of carboxylic acid groups (broad SMARTS) is 2. The zero-order valence-corrected chi connectivity index (χ0v) is 11.0.